The van der Waals surface area contributed by atoms with Crippen LogP contribution in [-0.4, -0.2) is 42.6 Å². The molecule has 138 valence electrons. The molecular formula is C19H27ClN2O3. The highest BCUT2D eigenvalue weighted by molar-refractivity contribution is 6.30. The molecule has 1 aliphatic rings. The number of nitrogens with zero attached hydrogens (tertiary/aromatic N) is 1. The topological polar surface area (TPSA) is 58.6 Å². The van der Waals surface area contributed by atoms with Crippen LogP contribution in [-0.2, 0) is 16.0 Å². The highest BCUT2D eigenvalue weighted by Crippen LogP contribution is 2.14. The summed E-state index contributed by atoms with van der Waals surface area (Å²) in [6.07, 6.45) is 4.31. The van der Waals surface area contributed by atoms with Crippen molar-refractivity contribution in [1.82, 2.24) is 10.2 Å². The molecule has 2 rings (SSSR count). The molecule has 1 saturated heterocycles. The molecule has 1 heterocycles. The van der Waals surface area contributed by atoms with Gasteiger partial charge in [-0.1, -0.05) is 37.1 Å². The predicted octanol–water partition coefficient (Wildman–Crippen LogP) is 3.79. The molecule has 6 heteroatoms. The van der Waals surface area contributed by atoms with Crippen molar-refractivity contribution in [1.29, 1.82) is 0 Å². The quantitative estimate of drug-likeness (QED) is 0.747. The maximum Gasteiger partial charge on any atom is 0.407 e. The fourth-order valence-corrected chi connectivity index (χ4v) is 2.98. The number of hydrogen-bond donors (Lipinski definition) is 1. The normalized spacial score (nSPS) is 15.0. The number of unbranched alkanes of at least 4 members (excludes halogenated alkanes) is 1. The number of nitrogens with one attached hydrogen (secondary N) is 1. The van der Waals surface area contributed by atoms with Crippen molar-refractivity contribution in [3.05, 3.63) is 34.9 Å². The van der Waals surface area contributed by atoms with Crippen LogP contribution >= 0.6 is 11.6 Å². The van der Waals surface area contributed by atoms with Crippen LogP contribution in [0.5, 0.6) is 0 Å². The van der Waals surface area contributed by atoms with Crippen LogP contribution in [0.3, 0.4) is 0 Å². The first-order valence-corrected chi connectivity index (χ1v) is 9.41. The Morgan fingerprint density at radius 2 is 1.92 bits per heavy atom. The number of carbonyl (C=O) groups excluding carboxylic acids is 2. The Balaban J connectivity index is 1.66. The number of carbonyl (C=O) groups is 2. The molecule has 0 saturated carbocycles. The lowest BCUT2D eigenvalue weighted by Gasteiger charge is -2.32. The number of amides is 2. The third-order valence-electron chi connectivity index (χ3n) is 4.44. The average molecular weight is 367 g/mol. The van der Waals surface area contributed by atoms with E-state index in [1.165, 1.54) is 0 Å². The van der Waals surface area contributed by atoms with Gasteiger partial charge in [0.2, 0.25) is 5.91 Å². The molecule has 1 fully saturated rings. The van der Waals surface area contributed by atoms with E-state index in [-0.39, 0.29) is 18.0 Å². The summed E-state index contributed by atoms with van der Waals surface area (Å²) < 4.78 is 5.12. The van der Waals surface area contributed by atoms with Crippen molar-refractivity contribution in [2.45, 2.75) is 51.5 Å². The minimum atomic E-state index is -0.346. The Morgan fingerprint density at radius 3 is 2.56 bits per heavy atom. The lowest BCUT2D eigenvalue weighted by Crippen LogP contribution is -2.46. The minimum Gasteiger partial charge on any atom is -0.450 e. The maximum absolute atomic E-state index is 12.3. The van der Waals surface area contributed by atoms with Gasteiger partial charge in [-0.2, -0.15) is 0 Å². The molecule has 25 heavy (non-hydrogen) atoms. The number of piperidine rings is 1. The van der Waals surface area contributed by atoms with Crippen LogP contribution in [0.2, 0.25) is 5.02 Å². The number of benzene rings is 1. The van der Waals surface area contributed by atoms with E-state index < -0.39 is 0 Å². The number of halogens is 1. The Bertz CT molecular complexity index is 554. The monoisotopic (exact) mass is 366 g/mol. The largest absolute Gasteiger partial charge is 0.450 e. The molecule has 1 aromatic carbocycles. The first kappa shape index (κ1) is 19.6. The van der Waals surface area contributed by atoms with Gasteiger partial charge < -0.3 is 15.0 Å². The van der Waals surface area contributed by atoms with E-state index in [0.29, 0.717) is 31.1 Å². The lowest BCUT2D eigenvalue weighted by atomic mass is 10.0. The van der Waals surface area contributed by atoms with Gasteiger partial charge in [0.15, 0.2) is 0 Å². The second-order valence-electron chi connectivity index (χ2n) is 6.42. The van der Waals surface area contributed by atoms with Gasteiger partial charge in [0.1, 0.15) is 0 Å². The van der Waals surface area contributed by atoms with E-state index in [1.807, 2.05) is 29.2 Å². The van der Waals surface area contributed by atoms with Gasteiger partial charge in [-0.15, -0.1) is 0 Å². The molecule has 1 aromatic rings. The van der Waals surface area contributed by atoms with Crippen LogP contribution < -0.4 is 5.32 Å². The van der Waals surface area contributed by atoms with Crippen molar-refractivity contribution in [3.8, 4) is 0 Å². The van der Waals surface area contributed by atoms with Gasteiger partial charge in [0.05, 0.1) is 6.61 Å². The highest BCUT2D eigenvalue weighted by Gasteiger charge is 2.23. The molecule has 1 N–H and O–H groups in total. The molecule has 0 atom stereocenters. The van der Waals surface area contributed by atoms with Gasteiger partial charge in [-0.25, -0.2) is 4.79 Å². The van der Waals surface area contributed by atoms with Crippen molar-refractivity contribution in [3.63, 3.8) is 0 Å². The van der Waals surface area contributed by atoms with Gasteiger partial charge in [-0.3, -0.25) is 4.79 Å². The first-order valence-electron chi connectivity index (χ1n) is 9.04. The summed E-state index contributed by atoms with van der Waals surface area (Å²) in [6, 6.07) is 7.69. The molecule has 5 nitrogen and oxygen atoms in total. The average Bonchev–Trinajstić information content (AvgIpc) is 2.62. The van der Waals surface area contributed by atoms with E-state index in [0.717, 1.165) is 37.7 Å². The van der Waals surface area contributed by atoms with Crippen LogP contribution in [0, 0.1) is 0 Å². The number of rotatable bonds is 7. The molecule has 0 spiro atoms. The summed E-state index contributed by atoms with van der Waals surface area (Å²) in [7, 11) is 0. The van der Waals surface area contributed by atoms with E-state index in [9.17, 15) is 9.59 Å². The standard InChI is InChI=1S/C19H27ClN2O3/c1-2-3-14-25-19(24)21-17-10-12-22(13-11-17)18(23)9-6-15-4-7-16(20)8-5-15/h4-5,7-8,17H,2-3,6,9-14H2,1H3,(H,21,24). The Kier molecular flexibility index (Phi) is 8.06. The summed E-state index contributed by atoms with van der Waals surface area (Å²) in [5.41, 5.74) is 1.11. The summed E-state index contributed by atoms with van der Waals surface area (Å²) >= 11 is 5.87. The van der Waals surface area contributed by atoms with E-state index >= 15 is 0 Å². The maximum atomic E-state index is 12.3. The van der Waals surface area contributed by atoms with Crippen molar-refractivity contribution in [2.24, 2.45) is 0 Å². The highest BCUT2D eigenvalue weighted by atomic mass is 35.5. The fourth-order valence-electron chi connectivity index (χ4n) is 2.85. The van der Waals surface area contributed by atoms with Gasteiger partial charge >= 0.3 is 6.09 Å². The number of likely N-dealkylation sites (tertiary alicyclic amines) is 1. The molecule has 0 unspecified atom stereocenters. The molecule has 0 aliphatic carbocycles. The summed E-state index contributed by atoms with van der Waals surface area (Å²) in [5.74, 6) is 0.166. The molecule has 0 bridgehead atoms. The van der Waals surface area contributed by atoms with E-state index in [2.05, 4.69) is 12.2 Å². The number of ether oxygens (including phenoxy) is 1. The Morgan fingerprint density at radius 1 is 1.24 bits per heavy atom. The zero-order valence-corrected chi connectivity index (χ0v) is 15.6. The smallest absolute Gasteiger partial charge is 0.407 e. The van der Waals surface area contributed by atoms with E-state index in [4.69, 9.17) is 16.3 Å². The van der Waals surface area contributed by atoms with Gasteiger partial charge in [0, 0.05) is 30.6 Å². The van der Waals surface area contributed by atoms with E-state index in [1.54, 1.807) is 0 Å². The zero-order valence-electron chi connectivity index (χ0n) is 14.8. The minimum absolute atomic E-state index is 0.0921. The third kappa shape index (κ3) is 6.94. The molecule has 2 amide bonds. The van der Waals surface area contributed by atoms with Crippen molar-refractivity contribution in [2.75, 3.05) is 19.7 Å². The Hall–Kier alpha value is -1.75. The lowest BCUT2D eigenvalue weighted by molar-refractivity contribution is -0.132. The Labute approximate surface area is 154 Å². The second-order valence-corrected chi connectivity index (χ2v) is 6.85. The number of aryl methyl sites for hydroxylation is 1. The van der Waals surface area contributed by atoms with Crippen LogP contribution in [0.4, 0.5) is 4.79 Å². The molecule has 0 radical (unpaired) electrons. The van der Waals surface area contributed by atoms with Crippen LogP contribution in [0.15, 0.2) is 24.3 Å². The van der Waals surface area contributed by atoms with Crippen LogP contribution in [0.1, 0.15) is 44.6 Å². The second kappa shape index (κ2) is 10.3. The van der Waals surface area contributed by atoms with Crippen molar-refractivity contribution < 1.29 is 14.3 Å². The fraction of sp³-hybridized carbons (Fsp3) is 0.579. The van der Waals surface area contributed by atoms with Crippen LogP contribution in [0.25, 0.3) is 0 Å². The molecular weight excluding hydrogens is 340 g/mol. The summed E-state index contributed by atoms with van der Waals surface area (Å²) in [4.78, 5) is 25.9. The van der Waals surface area contributed by atoms with Gasteiger partial charge in [0.25, 0.3) is 0 Å². The van der Waals surface area contributed by atoms with Crippen molar-refractivity contribution >= 4 is 23.6 Å². The number of hydrogen-bond acceptors (Lipinski definition) is 3. The predicted molar refractivity (Wildman–Crippen MR) is 98.8 cm³/mol. The molecule has 0 aromatic heterocycles. The first-order chi connectivity index (χ1) is 12.1. The molecule has 1 aliphatic heterocycles. The summed E-state index contributed by atoms with van der Waals surface area (Å²) in [5, 5.41) is 3.60. The zero-order chi connectivity index (χ0) is 18.1. The number of alkyl carbamates (subject to hydrolysis) is 1. The SMILES string of the molecule is CCCCOC(=O)NC1CCN(C(=O)CCc2ccc(Cl)cc2)CC1. The van der Waals surface area contributed by atoms with Gasteiger partial charge in [-0.05, 0) is 43.4 Å². The summed E-state index contributed by atoms with van der Waals surface area (Å²) in [6.45, 7) is 3.88. The third-order valence-corrected chi connectivity index (χ3v) is 4.69.